The molecule has 1 aliphatic carbocycles. The molecule has 1 saturated heterocycles. The Kier molecular flexibility index (Phi) is 8.05. The summed E-state index contributed by atoms with van der Waals surface area (Å²) in [6.45, 7) is 6.12. The number of hydrogen-bond acceptors (Lipinski definition) is 11. The van der Waals surface area contributed by atoms with Crippen LogP contribution in [0.25, 0.3) is 11.2 Å². The molecule has 42 heavy (non-hydrogen) atoms. The number of anilines is 2. The second kappa shape index (κ2) is 11.2. The first-order valence-corrected chi connectivity index (χ1v) is 15.7. The van der Waals surface area contributed by atoms with Crippen LogP contribution < -0.4 is 16.1 Å². The number of nitrogens with zero attached hydrogens (tertiary/aromatic N) is 4. The van der Waals surface area contributed by atoms with Crippen molar-refractivity contribution in [1.29, 1.82) is 0 Å². The van der Waals surface area contributed by atoms with Crippen molar-refractivity contribution in [2.24, 2.45) is 0 Å². The molecular formula is C27H37FN7O6P. The minimum atomic E-state index is -3.81. The van der Waals surface area contributed by atoms with Gasteiger partial charge in [0.15, 0.2) is 34.5 Å². The van der Waals surface area contributed by atoms with Gasteiger partial charge in [-0.25, -0.2) is 14.5 Å². The number of hydrogen-bond donors (Lipinski definition) is 4. The molecule has 3 aromatic rings. The number of carbonyl (C=O) groups is 1. The van der Waals surface area contributed by atoms with Crippen molar-refractivity contribution < 1.29 is 32.9 Å². The number of aryl methyl sites for hydroxylation is 1. The maximum absolute atomic E-state index is 16.5. The Morgan fingerprint density at radius 2 is 2.00 bits per heavy atom. The standard InChI is InChI=1S/C27H37FN7O6P/c1-15(2)39-23(36)16(3)34-42(38,13-9-12-17-10-7-6-8-11-17)41-20-19-27(20,37)26(4,28)24(40-19)35-14-31-18-21(30-5)32-25(29)33-22(18)35/h6-8,10-11,14-16,19-20,24,37H,9,12-13H2,1-5H3,(H,34,38)(H3,29,30,32,33)/t16-,19+,20?,24+,26-,27-,42?/m0/s1. The molecule has 2 fully saturated rings. The molecule has 13 nitrogen and oxygen atoms in total. The van der Waals surface area contributed by atoms with Gasteiger partial charge in [-0.15, -0.1) is 0 Å². The number of esters is 1. The topological polar surface area (TPSA) is 176 Å². The van der Waals surface area contributed by atoms with Gasteiger partial charge in [-0.2, -0.15) is 9.97 Å². The van der Waals surface area contributed by atoms with E-state index < -0.39 is 49.2 Å². The SMILES string of the molecule is CNc1nc(N)nc2c1ncn2[C@@H]1O[C@@H]2C(OP(=O)(CCCc3ccccc3)N[C@@H](C)C(=O)OC(C)C)[C@]2(O)[C@@]1(C)F. The third-order valence-electron chi connectivity index (χ3n) is 7.62. The smallest absolute Gasteiger partial charge is 0.323 e. The van der Waals surface area contributed by atoms with Crippen molar-refractivity contribution >= 4 is 36.4 Å². The highest BCUT2D eigenvalue weighted by Crippen LogP contribution is 2.66. The molecule has 1 saturated carbocycles. The van der Waals surface area contributed by atoms with Crippen molar-refractivity contribution in [2.75, 3.05) is 24.3 Å². The Morgan fingerprint density at radius 3 is 2.62 bits per heavy atom. The number of aliphatic hydroxyl groups is 1. The Bertz CT molecular complexity index is 1500. The normalized spacial score (nSPS) is 28.8. The largest absolute Gasteiger partial charge is 0.462 e. The summed E-state index contributed by atoms with van der Waals surface area (Å²) in [6.07, 6.45) is -1.68. The number of nitrogens with one attached hydrogen (secondary N) is 2. The molecular weight excluding hydrogens is 568 g/mol. The second-order valence-electron chi connectivity index (χ2n) is 11.2. The molecule has 2 aliphatic rings. The third-order valence-corrected chi connectivity index (χ3v) is 9.88. The fourth-order valence-electron chi connectivity index (χ4n) is 5.40. The highest BCUT2D eigenvalue weighted by molar-refractivity contribution is 7.56. The zero-order valence-corrected chi connectivity index (χ0v) is 25.0. The molecule has 2 unspecified atom stereocenters. The lowest BCUT2D eigenvalue weighted by Crippen LogP contribution is -2.45. The molecule has 1 aromatic carbocycles. The van der Waals surface area contributed by atoms with E-state index in [0.717, 1.165) is 5.56 Å². The maximum Gasteiger partial charge on any atom is 0.323 e. The monoisotopic (exact) mass is 605 g/mol. The van der Waals surface area contributed by atoms with E-state index in [2.05, 4.69) is 25.4 Å². The van der Waals surface area contributed by atoms with Crippen LogP contribution in [0.1, 0.15) is 45.9 Å². The van der Waals surface area contributed by atoms with Gasteiger partial charge in [-0.1, -0.05) is 30.3 Å². The first-order chi connectivity index (χ1) is 19.8. The van der Waals surface area contributed by atoms with Crippen LogP contribution in [0.3, 0.4) is 0 Å². The molecule has 3 heterocycles. The van der Waals surface area contributed by atoms with Gasteiger partial charge in [0.25, 0.3) is 7.52 Å². The van der Waals surface area contributed by atoms with E-state index in [1.165, 1.54) is 24.7 Å². The van der Waals surface area contributed by atoms with Crippen LogP contribution in [0.2, 0.25) is 0 Å². The zero-order valence-electron chi connectivity index (χ0n) is 24.2. The lowest BCUT2D eigenvalue weighted by molar-refractivity contribution is -0.149. The summed E-state index contributed by atoms with van der Waals surface area (Å²) in [5, 5.41) is 17.2. The predicted octanol–water partition coefficient (Wildman–Crippen LogP) is 2.96. The van der Waals surface area contributed by atoms with E-state index in [0.29, 0.717) is 24.2 Å². The van der Waals surface area contributed by atoms with Gasteiger partial charge in [0.1, 0.15) is 18.2 Å². The van der Waals surface area contributed by atoms with Crippen LogP contribution in [0, 0.1) is 0 Å². The van der Waals surface area contributed by atoms with Crippen LogP contribution in [0.5, 0.6) is 0 Å². The minimum absolute atomic E-state index is 0.0298. The van der Waals surface area contributed by atoms with Crippen LogP contribution in [-0.4, -0.2) is 79.4 Å². The van der Waals surface area contributed by atoms with E-state index in [-0.39, 0.29) is 23.9 Å². The first kappa shape index (κ1) is 30.3. The molecule has 228 valence electrons. The summed E-state index contributed by atoms with van der Waals surface area (Å²) in [5.74, 6) is -0.301. The number of nitrogen functional groups attached to an aromatic ring is 1. The number of nitrogens with two attached hydrogens (primary N) is 1. The fraction of sp³-hybridized carbons (Fsp3) is 0.556. The quantitative estimate of drug-likeness (QED) is 0.176. The van der Waals surface area contributed by atoms with E-state index in [1.807, 2.05) is 30.3 Å². The summed E-state index contributed by atoms with van der Waals surface area (Å²) in [5.41, 5.74) is 2.90. The summed E-state index contributed by atoms with van der Waals surface area (Å²) in [7, 11) is -2.17. The van der Waals surface area contributed by atoms with Gasteiger partial charge in [0, 0.05) is 13.2 Å². The van der Waals surface area contributed by atoms with Crippen LogP contribution in [-0.2, 0) is 29.8 Å². The molecule has 0 radical (unpaired) electrons. The number of alkyl halides is 1. The molecule has 15 heteroatoms. The second-order valence-corrected chi connectivity index (χ2v) is 13.4. The molecule has 0 amide bonds. The number of imidazole rings is 1. The van der Waals surface area contributed by atoms with Crippen molar-refractivity contribution in [3.8, 4) is 0 Å². The van der Waals surface area contributed by atoms with Crippen molar-refractivity contribution in [2.45, 2.75) is 82.4 Å². The van der Waals surface area contributed by atoms with Crippen molar-refractivity contribution in [1.82, 2.24) is 24.6 Å². The summed E-state index contributed by atoms with van der Waals surface area (Å²) in [6, 6.07) is 8.66. The molecule has 7 atom stereocenters. The van der Waals surface area contributed by atoms with E-state index in [9.17, 15) is 14.5 Å². The number of carbonyl (C=O) groups excluding carboxylic acids is 1. The van der Waals surface area contributed by atoms with E-state index in [1.54, 1.807) is 20.9 Å². The van der Waals surface area contributed by atoms with Gasteiger partial charge in [0.05, 0.1) is 12.4 Å². The number of ether oxygens (including phenoxy) is 2. The molecule has 5 N–H and O–H groups in total. The van der Waals surface area contributed by atoms with Gasteiger partial charge in [-0.05, 0) is 46.1 Å². The van der Waals surface area contributed by atoms with Gasteiger partial charge in [0.2, 0.25) is 5.95 Å². The lowest BCUT2D eigenvalue weighted by atomic mass is 9.97. The number of fused-ring (bicyclic) bond motifs is 2. The Labute approximate surface area is 242 Å². The van der Waals surface area contributed by atoms with Crippen LogP contribution in [0.15, 0.2) is 36.7 Å². The lowest BCUT2D eigenvalue weighted by Gasteiger charge is -2.32. The highest BCUT2D eigenvalue weighted by Gasteiger charge is 2.85. The summed E-state index contributed by atoms with van der Waals surface area (Å²) in [4.78, 5) is 25.1. The average Bonchev–Trinajstić information content (AvgIpc) is 3.17. The summed E-state index contributed by atoms with van der Waals surface area (Å²) < 4.78 is 49.2. The number of halogens is 1. The zero-order chi connectivity index (χ0) is 30.4. The van der Waals surface area contributed by atoms with Crippen molar-refractivity contribution in [3.05, 3.63) is 42.2 Å². The Hall–Kier alpha value is -3.16. The molecule has 5 rings (SSSR count). The molecule has 2 aromatic heterocycles. The van der Waals surface area contributed by atoms with Crippen LogP contribution in [0.4, 0.5) is 16.2 Å². The molecule has 0 spiro atoms. The highest BCUT2D eigenvalue weighted by atomic mass is 31.2. The molecule has 0 bridgehead atoms. The maximum atomic E-state index is 16.5. The van der Waals surface area contributed by atoms with E-state index in [4.69, 9.17) is 19.7 Å². The predicted molar refractivity (Wildman–Crippen MR) is 154 cm³/mol. The number of aromatic nitrogens is 4. The molecule has 1 aliphatic heterocycles. The Morgan fingerprint density at radius 1 is 1.29 bits per heavy atom. The Balaban J connectivity index is 1.35. The van der Waals surface area contributed by atoms with Gasteiger partial charge < -0.3 is 30.2 Å². The fourth-order valence-corrected chi connectivity index (χ4v) is 7.60. The average molecular weight is 606 g/mol. The third kappa shape index (κ3) is 5.37. The van der Waals surface area contributed by atoms with E-state index >= 15 is 4.39 Å². The van der Waals surface area contributed by atoms with Crippen LogP contribution >= 0.6 is 7.52 Å². The first-order valence-electron chi connectivity index (χ1n) is 13.8. The van der Waals surface area contributed by atoms with Gasteiger partial charge in [-0.3, -0.25) is 13.9 Å². The van der Waals surface area contributed by atoms with Gasteiger partial charge >= 0.3 is 5.97 Å². The van der Waals surface area contributed by atoms with Crippen molar-refractivity contribution in [3.63, 3.8) is 0 Å². The number of rotatable bonds is 12. The summed E-state index contributed by atoms with van der Waals surface area (Å²) >= 11 is 0. The number of benzene rings is 1. The minimum Gasteiger partial charge on any atom is -0.462 e.